The number of amides is 2. The molecule has 0 bridgehead atoms. The maximum atomic E-state index is 12.9. The topological polar surface area (TPSA) is 87.2 Å². The molecule has 0 saturated carbocycles. The van der Waals surface area contributed by atoms with Gasteiger partial charge >= 0.3 is 5.97 Å². The summed E-state index contributed by atoms with van der Waals surface area (Å²) in [5, 5.41) is 8.64. The van der Waals surface area contributed by atoms with E-state index in [1.54, 1.807) is 24.1 Å². The van der Waals surface area contributed by atoms with Crippen molar-refractivity contribution in [3.63, 3.8) is 0 Å². The molecule has 0 aliphatic carbocycles. The van der Waals surface area contributed by atoms with Gasteiger partial charge in [-0.05, 0) is 30.5 Å². The van der Waals surface area contributed by atoms with Crippen LogP contribution in [0.5, 0.6) is 5.75 Å². The Bertz CT molecular complexity index is 709. The van der Waals surface area contributed by atoms with Gasteiger partial charge in [0.25, 0.3) is 0 Å². The summed E-state index contributed by atoms with van der Waals surface area (Å²) in [6.07, 6.45) is 1.63. The van der Waals surface area contributed by atoms with Gasteiger partial charge in [-0.25, -0.2) is 4.79 Å². The lowest BCUT2D eigenvalue weighted by Crippen LogP contribution is -2.48. The molecule has 1 N–H and O–H groups in total. The van der Waals surface area contributed by atoms with Crippen LogP contribution in [0.15, 0.2) is 24.3 Å². The van der Waals surface area contributed by atoms with Crippen molar-refractivity contribution < 1.29 is 24.2 Å². The molecule has 28 heavy (non-hydrogen) atoms. The van der Waals surface area contributed by atoms with Gasteiger partial charge in [0, 0.05) is 32.1 Å². The van der Waals surface area contributed by atoms with E-state index in [1.165, 1.54) is 0 Å². The van der Waals surface area contributed by atoms with Crippen molar-refractivity contribution in [2.45, 2.75) is 40.2 Å². The number of hydrogen-bond acceptors (Lipinski definition) is 4. The maximum absolute atomic E-state index is 12.9. The Morgan fingerprint density at radius 2 is 1.86 bits per heavy atom. The molecule has 0 radical (unpaired) electrons. The Hall–Kier alpha value is -2.57. The van der Waals surface area contributed by atoms with Crippen LogP contribution in [-0.4, -0.2) is 59.4 Å². The molecule has 7 nitrogen and oxygen atoms in total. The van der Waals surface area contributed by atoms with Crippen LogP contribution in [-0.2, 0) is 20.9 Å². The van der Waals surface area contributed by atoms with Crippen LogP contribution in [0, 0.1) is 11.3 Å². The van der Waals surface area contributed by atoms with E-state index < -0.39 is 11.4 Å². The number of piperidine rings is 1. The number of aliphatic carboxylic acids is 1. The number of carboxylic acid groups (broad SMARTS) is 1. The Morgan fingerprint density at radius 3 is 2.43 bits per heavy atom. The van der Waals surface area contributed by atoms with E-state index >= 15 is 0 Å². The van der Waals surface area contributed by atoms with Crippen LogP contribution in [0.1, 0.15) is 39.2 Å². The molecule has 1 aliphatic heterocycles. The SMILES string of the molecule is CN(Cc1ccc(OCC(=O)O)cc1)C(=O)C1CCCN(C(=O)C(C)(C)C)C1. The van der Waals surface area contributed by atoms with Gasteiger partial charge in [-0.1, -0.05) is 32.9 Å². The molecule has 0 spiro atoms. The highest BCUT2D eigenvalue weighted by Crippen LogP contribution is 2.25. The van der Waals surface area contributed by atoms with E-state index in [1.807, 2.05) is 37.8 Å². The first-order chi connectivity index (χ1) is 13.1. The number of likely N-dealkylation sites (tertiary alicyclic amines) is 1. The first-order valence-electron chi connectivity index (χ1n) is 9.56. The summed E-state index contributed by atoms with van der Waals surface area (Å²) in [5.41, 5.74) is 0.485. The number of rotatable bonds is 6. The predicted octanol–water partition coefficient (Wildman–Crippen LogP) is 2.39. The number of benzene rings is 1. The smallest absolute Gasteiger partial charge is 0.341 e. The third kappa shape index (κ3) is 5.97. The van der Waals surface area contributed by atoms with E-state index in [4.69, 9.17) is 9.84 Å². The predicted molar refractivity (Wildman–Crippen MR) is 105 cm³/mol. The van der Waals surface area contributed by atoms with Gasteiger partial charge in [0.15, 0.2) is 6.61 Å². The molecule has 154 valence electrons. The Labute approximate surface area is 166 Å². The van der Waals surface area contributed by atoms with Crippen LogP contribution in [0.2, 0.25) is 0 Å². The van der Waals surface area contributed by atoms with Crippen LogP contribution in [0.4, 0.5) is 0 Å². The van der Waals surface area contributed by atoms with E-state index in [2.05, 4.69) is 0 Å². The second kappa shape index (κ2) is 9.08. The number of ether oxygens (including phenoxy) is 1. The molecule has 1 heterocycles. The fraction of sp³-hybridized carbons (Fsp3) is 0.571. The lowest BCUT2D eigenvalue weighted by molar-refractivity contribution is -0.145. The highest BCUT2D eigenvalue weighted by Gasteiger charge is 2.34. The summed E-state index contributed by atoms with van der Waals surface area (Å²) in [4.78, 5) is 39.4. The Balaban J connectivity index is 1.93. The summed E-state index contributed by atoms with van der Waals surface area (Å²) < 4.78 is 5.11. The molecule has 7 heteroatoms. The molecule has 1 atom stereocenters. The lowest BCUT2D eigenvalue weighted by atomic mass is 9.90. The number of hydrogen-bond donors (Lipinski definition) is 1. The van der Waals surface area contributed by atoms with Crippen molar-refractivity contribution in [1.29, 1.82) is 0 Å². The second-order valence-corrected chi connectivity index (χ2v) is 8.36. The maximum Gasteiger partial charge on any atom is 0.341 e. The minimum atomic E-state index is -1.03. The molecule has 1 aromatic rings. The normalized spacial score (nSPS) is 17.1. The average Bonchev–Trinajstić information content (AvgIpc) is 2.65. The first-order valence-corrected chi connectivity index (χ1v) is 9.56. The molecule has 1 aliphatic rings. The number of nitrogens with zero attached hydrogens (tertiary/aromatic N) is 2. The average molecular weight is 390 g/mol. The zero-order valence-electron chi connectivity index (χ0n) is 17.1. The van der Waals surface area contributed by atoms with Crippen LogP contribution < -0.4 is 4.74 Å². The summed E-state index contributed by atoms with van der Waals surface area (Å²) in [5.74, 6) is -0.602. The van der Waals surface area contributed by atoms with E-state index in [9.17, 15) is 14.4 Å². The van der Waals surface area contributed by atoms with Gasteiger partial charge in [0.1, 0.15) is 5.75 Å². The Morgan fingerprint density at radius 1 is 1.21 bits per heavy atom. The molecule has 2 rings (SSSR count). The summed E-state index contributed by atoms with van der Waals surface area (Å²) in [6, 6.07) is 7.02. The Kier molecular flexibility index (Phi) is 7.05. The van der Waals surface area contributed by atoms with Crippen molar-refractivity contribution in [3.8, 4) is 5.75 Å². The zero-order valence-corrected chi connectivity index (χ0v) is 17.1. The third-order valence-corrected chi connectivity index (χ3v) is 4.78. The zero-order chi connectivity index (χ0) is 20.9. The third-order valence-electron chi connectivity index (χ3n) is 4.78. The van der Waals surface area contributed by atoms with Gasteiger partial charge in [-0.15, -0.1) is 0 Å². The van der Waals surface area contributed by atoms with E-state index in [0.717, 1.165) is 18.4 Å². The van der Waals surface area contributed by atoms with Crippen molar-refractivity contribution in [1.82, 2.24) is 9.80 Å². The minimum Gasteiger partial charge on any atom is -0.482 e. The number of carbonyl (C=O) groups excluding carboxylic acids is 2. The fourth-order valence-corrected chi connectivity index (χ4v) is 3.34. The van der Waals surface area contributed by atoms with Gasteiger partial charge in [0.05, 0.1) is 5.92 Å². The molecular weight excluding hydrogens is 360 g/mol. The van der Waals surface area contributed by atoms with E-state index in [-0.39, 0.29) is 24.3 Å². The highest BCUT2D eigenvalue weighted by atomic mass is 16.5. The molecule has 1 saturated heterocycles. The standard InChI is InChI=1S/C21H30N2O5/c1-21(2,3)20(27)23-11-5-6-16(13-23)19(26)22(4)12-15-7-9-17(10-8-15)28-14-18(24)25/h7-10,16H,5-6,11-14H2,1-4H3,(H,24,25). The molecule has 1 unspecified atom stereocenters. The van der Waals surface area contributed by atoms with Crippen molar-refractivity contribution in [2.24, 2.45) is 11.3 Å². The molecular formula is C21H30N2O5. The first kappa shape index (κ1) is 21.7. The quantitative estimate of drug-likeness (QED) is 0.806. The molecule has 1 fully saturated rings. The van der Waals surface area contributed by atoms with Crippen LogP contribution >= 0.6 is 0 Å². The molecule has 0 aromatic heterocycles. The number of carboxylic acids is 1. The van der Waals surface area contributed by atoms with E-state index in [0.29, 0.717) is 25.4 Å². The molecule has 1 aromatic carbocycles. The summed E-state index contributed by atoms with van der Waals surface area (Å²) in [6.45, 7) is 6.94. The fourth-order valence-electron chi connectivity index (χ4n) is 3.34. The molecule has 2 amide bonds. The number of carbonyl (C=O) groups is 3. The van der Waals surface area contributed by atoms with Crippen molar-refractivity contribution in [2.75, 3.05) is 26.7 Å². The van der Waals surface area contributed by atoms with Gasteiger partial charge in [-0.2, -0.15) is 0 Å². The van der Waals surface area contributed by atoms with Crippen LogP contribution in [0.25, 0.3) is 0 Å². The van der Waals surface area contributed by atoms with Crippen molar-refractivity contribution in [3.05, 3.63) is 29.8 Å². The second-order valence-electron chi connectivity index (χ2n) is 8.36. The minimum absolute atomic E-state index is 0.0395. The monoisotopic (exact) mass is 390 g/mol. The van der Waals surface area contributed by atoms with Crippen molar-refractivity contribution >= 4 is 17.8 Å². The van der Waals surface area contributed by atoms with Gasteiger partial charge < -0.3 is 19.6 Å². The summed E-state index contributed by atoms with van der Waals surface area (Å²) in [7, 11) is 1.77. The highest BCUT2D eigenvalue weighted by molar-refractivity contribution is 5.83. The summed E-state index contributed by atoms with van der Waals surface area (Å²) >= 11 is 0. The largest absolute Gasteiger partial charge is 0.482 e. The lowest BCUT2D eigenvalue weighted by Gasteiger charge is -2.37. The van der Waals surface area contributed by atoms with Gasteiger partial charge in [0.2, 0.25) is 11.8 Å². The van der Waals surface area contributed by atoms with Crippen LogP contribution in [0.3, 0.4) is 0 Å². The van der Waals surface area contributed by atoms with Gasteiger partial charge in [-0.3, -0.25) is 9.59 Å².